The summed E-state index contributed by atoms with van der Waals surface area (Å²) in [7, 11) is 0. The number of nitrogens with one attached hydrogen (secondary N) is 2. The first-order chi connectivity index (χ1) is 13.2. The van der Waals surface area contributed by atoms with Crippen LogP contribution >= 0.6 is 0 Å². The number of carbonyl (C=O) groups is 3. The van der Waals surface area contributed by atoms with Crippen LogP contribution < -0.4 is 10.6 Å². The molecule has 4 amide bonds. The van der Waals surface area contributed by atoms with Crippen LogP contribution in [0, 0.1) is 13.8 Å². The number of imide groups is 1. The van der Waals surface area contributed by atoms with Crippen LogP contribution in [0.1, 0.15) is 42.1 Å². The van der Waals surface area contributed by atoms with Crippen LogP contribution in [0.2, 0.25) is 0 Å². The Morgan fingerprint density at radius 2 is 1.82 bits per heavy atom. The number of nitrogens with zero attached hydrogens (tertiary/aromatic N) is 1. The van der Waals surface area contributed by atoms with Crippen LogP contribution in [-0.4, -0.2) is 29.3 Å². The fourth-order valence-corrected chi connectivity index (χ4v) is 3.54. The van der Waals surface area contributed by atoms with Crippen LogP contribution in [0.5, 0.6) is 0 Å². The summed E-state index contributed by atoms with van der Waals surface area (Å²) in [5.74, 6) is -0.813. The molecule has 28 heavy (non-hydrogen) atoms. The Morgan fingerprint density at radius 1 is 1.14 bits per heavy atom. The van der Waals surface area contributed by atoms with Gasteiger partial charge in [-0.2, -0.15) is 0 Å². The van der Waals surface area contributed by atoms with Gasteiger partial charge in [0.15, 0.2) is 0 Å². The predicted molar refractivity (Wildman–Crippen MR) is 107 cm³/mol. The molecular formula is C22H25N3O3. The summed E-state index contributed by atoms with van der Waals surface area (Å²) >= 11 is 0. The first-order valence-electron chi connectivity index (χ1n) is 9.28. The van der Waals surface area contributed by atoms with E-state index in [1.807, 2.05) is 45.0 Å². The lowest BCUT2D eigenvalue weighted by atomic mass is 9.92. The summed E-state index contributed by atoms with van der Waals surface area (Å²) in [4.78, 5) is 38.8. The van der Waals surface area contributed by atoms with E-state index in [9.17, 15) is 14.4 Å². The molecular weight excluding hydrogens is 354 g/mol. The number of aryl methyl sites for hydroxylation is 2. The largest absolute Gasteiger partial charge is 0.348 e. The molecule has 1 heterocycles. The maximum Gasteiger partial charge on any atom is 0.325 e. The minimum atomic E-state index is -1.17. The highest BCUT2D eigenvalue weighted by molar-refractivity contribution is 6.09. The van der Waals surface area contributed by atoms with Crippen LogP contribution in [-0.2, 0) is 15.1 Å². The van der Waals surface area contributed by atoms with Crippen molar-refractivity contribution in [3.63, 3.8) is 0 Å². The quantitative estimate of drug-likeness (QED) is 0.784. The predicted octanol–water partition coefficient (Wildman–Crippen LogP) is 2.95. The Labute approximate surface area is 164 Å². The van der Waals surface area contributed by atoms with Crippen LogP contribution in [0.3, 0.4) is 0 Å². The first kappa shape index (κ1) is 19.6. The minimum absolute atomic E-state index is 0.228. The van der Waals surface area contributed by atoms with Gasteiger partial charge in [-0.3, -0.25) is 14.5 Å². The van der Waals surface area contributed by atoms with Gasteiger partial charge in [0.25, 0.3) is 5.91 Å². The lowest BCUT2D eigenvalue weighted by Crippen LogP contribution is -2.43. The van der Waals surface area contributed by atoms with E-state index < -0.39 is 17.5 Å². The molecule has 3 rings (SSSR count). The van der Waals surface area contributed by atoms with Gasteiger partial charge < -0.3 is 10.6 Å². The lowest BCUT2D eigenvalue weighted by molar-refractivity contribution is -0.135. The fraction of sp³-hybridized carbons (Fsp3) is 0.318. The maximum absolute atomic E-state index is 12.9. The molecule has 1 fully saturated rings. The van der Waals surface area contributed by atoms with E-state index in [1.165, 1.54) is 0 Å². The second kappa shape index (κ2) is 7.46. The van der Waals surface area contributed by atoms with Crippen molar-refractivity contribution in [1.82, 2.24) is 15.5 Å². The monoisotopic (exact) mass is 379 g/mol. The number of urea groups is 1. The van der Waals surface area contributed by atoms with E-state index in [-0.39, 0.29) is 18.5 Å². The Bertz CT molecular complexity index is 926. The molecule has 146 valence electrons. The molecule has 1 aliphatic heterocycles. The highest BCUT2D eigenvalue weighted by Crippen LogP contribution is 2.28. The summed E-state index contributed by atoms with van der Waals surface area (Å²) in [6.07, 6.45) is 0. The molecule has 2 aromatic carbocycles. The van der Waals surface area contributed by atoms with E-state index in [0.717, 1.165) is 21.6 Å². The van der Waals surface area contributed by atoms with Gasteiger partial charge in [0.1, 0.15) is 12.1 Å². The number of carbonyl (C=O) groups excluding carboxylic acids is 3. The van der Waals surface area contributed by atoms with Gasteiger partial charge in [-0.05, 0) is 44.4 Å². The van der Waals surface area contributed by atoms with Gasteiger partial charge in [0, 0.05) is 0 Å². The highest BCUT2D eigenvalue weighted by atomic mass is 16.2. The number of hydrogen-bond donors (Lipinski definition) is 2. The summed E-state index contributed by atoms with van der Waals surface area (Å²) in [5.41, 5.74) is 2.70. The molecule has 0 aliphatic carbocycles. The Balaban J connectivity index is 1.71. The second-order valence-electron chi connectivity index (χ2n) is 7.46. The number of hydrogen-bond acceptors (Lipinski definition) is 3. The van der Waals surface area contributed by atoms with Crippen molar-refractivity contribution in [3.8, 4) is 0 Å². The molecule has 2 aromatic rings. The van der Waals surface area contributed by atoms with Crippen molar-refractivity contribution in [2.24, 2.45) is 0 Å². The summed E-state index contributed by atoms with van der Waals surface area (Å²) in [5, 5.41) is 5.60. The highest BCUT2D eigenvalue weighted by Gasteiger charge is 2.49. The molecule has 0 aromatic heterocycles. The molecule has 6 nitrogen and oxygen atoms in total. The summed E-state index contributed by atoms with van der Waals surface area (Å²) in [6, 6.07) is 14.3. The van der Waals surface area contributed by atoms with Crippen LogP contribution in [0.15, 0.2) is 48.5 Å². The van der Waals surface area contributed by atoms with Crippen molar-refractivity contribution in [3.05, 3.63) is 70.8 Å². The molecule has 1 saturated heterocycles. The molecule has 2 N–H and O–H groups in total. The van der Waals surface area contributed by atoms with Crippen LogP contribution in [0.25, 0.3) is 0 Å². The van der Waals surface area contributed by atoms with E-state index in [4.69, 9.17) is 0 Å². The maximum atomic E-state index is 12.9. The average Bonchev–Trinajstić information content (AvgIpc) is 2.88. The van der Waals surface area contributed by atoms with Crippen molar-refractivity contribution >= 4 is 17.8 Å². The zero-order valence-corrected chi connectivity index (χ0v) is 16.6. The molecule has 2 unspecified atom stereocenters. The molecule has 0 radical (unpaired) electrons. The second-order valence-corrected chi connectivity index (χ2v) is 7.46. The van der Waals surface area contributed by atoms with Gasteiger partial charge >= 0.3 is 6.03 Å². The van der Waals surface area contributed by atoms with Crippen molar-refractivity contribution in [1.29, 1.82) is 0 Å². The normalized spacial score (nSPS) is 20.1. The third-order valence-electron chi connectivity index (χ3n) is 5.21. The molecule has 1 aliphatic rings. The third kappa shape index (κ3) is 3.63. The topological polar surface area (TPSA) is 78.5 Å². The SMILES string of the molecule is Cc1ccc(C)c(C(C)NC(=O)CN2C(=O)NC(C)(c3ccccc3)C2=O)c1. The van der Waals surface area contributed by atoms with Crippen molar-refractivity contribution in [2.45, 2.75) is 39.3 Å². The smallest absolute Gasteiger partial charge is 0.325 e. The molecule has 0 spiro atoms. The zero-order valence-electron chi connectivity index (χ0n) is 16.6. The average molecular weight is 379 g/mol. The van der Waals surface area contributed by atoms with Crippen molar-refractivity contribution < 1.29 is 14.4 Å². The number of amides is 4. The Morgan fingerprint density at radius 3 is 2.50 bits per heavy atom. The van der Waals surface area contributed by atoms with Gasteiger partial charge in [-0.15, -0.1) is 0 Å². The van der Waals surface area contributed by atoms with E-state index >= 15 is 0 Å². The minimum Gasteiger partial charge on any atom is -0.348 e. The van der Waals surface area contributed by atoms with Gasteiger partial charge in [0.2, 0.25) is 5.91 Å². The molecule has 6 heteroatoms. The number of benzene rings is 2. The third-order valence-corrected chi connectivity index (χ3v) is 5.21. The van der Waals surface area contributed by atoms with Gasteiger partial charge in [0.05, 0.1) is 6.04 Å². The zero-order chi connectivity index (χ0) is 20.5. The van der Waals surface area contributed by atoms with Gasteiger partial charge in [-0.25, -0.2) is 4.79 Å². The van der Waals surface area contributed by atoms with E-state index in [0.29, 0.717) is 5.56 Å². The number of rotatable bonds is 5. The van der Waals surface area contributed by atoms with Crippen molar-refractivity contribution in [2.75, 3.05) is 6.54 Å². The van der Waals surface area contributed by atoms with Gasteiger partial charge in [-0.1, -0.05) is 54.1 Å². The van der Waals surface area contributed by atoms with E-state index in [2.05, 4.69) is 10.6 Å². The molecule has 0 saturated carbocycles. The van der Waals surface area contributed by atoms with E-state index in [1.54, 1.807) is 31.2 Å². The Hall–Kier alpha value is -3.15. The summed E-state index contributed by atoms with van der Waals surface area (Å²) < 4.78 is 0. The Kier molecular flexibility index (Phi) is 5.23. The first-order valence-corrected chi connectivity index (χ1v) is 9.28. The fourth-order valence-electron chi connectivity index (χ4n) is 3.54. The summed E-state index contributed by atoms with van der Waals surface area (Å²) in [6.45, 7) is 7.20. The molecule has 0 bridgehead atoms. The lowest BCUT2D eigenvalue weighted by Gasteiger charge is -2.22. The van der Waals surface area contributed by atoms with Crippen LogP contribution in [0.4, 0.5) is 4.79 Å². The molecule has 2 atom stereocenters. The standard InChI is InChI=1S/C22H25N3O3/c1-14-10-11-15(2)18(12-14)16(3)23-19(26)13-25-20(27)22(4,24-21(25)28)17-8-6-5-7-9-17/h5-12,16H,13H2,1-4H3,(H,23,26)(H,24,28).